The van der Waals surface area contributed by atoms with E-state index >= 15 is 0 Å². The number of hydrogen-bond donors (Lipinski definition) is 2. The first-order valence-electron chi connectivity index (χ1n) is 6.61. The van der Waals surface area contributed by atoms with Gasteiger partial charge < -0.3 is 10.8 Å². The highest BCUT2D eigenvalue weighted by Gasteiger charge is 2.07. The van der Waals surface area contributed by atoms with Crippen molar-refractivity contribution in [2.24, 2.45) is 5.73 Å². The van der Waals surface area contributed by atoms with Gasteiger partial charge in [-0.15, -0.1) is 0 Å². The van der Waals surface area contributed by atoms with Gasteiger partial charge in [-0.2, -0.15) is 0 Å². The van der Waals surface area contributed by atoms with Crippen molar-refractivity contribution in [3.05, 3.63) is 48.0 Å². The zero-order valence-corrected chi connectivity index (χ0v) is 10.9. The van der Waals surface area contributed by atoms with E-state index in [9.17, 15) is 4.79 Å². The van der Waals surface area contributed by atoms with Crippen molar-refractivity contribution in [1.82, 2.24) is 0 Å². The third kappa shape index (κ3) is 3.80. The Balaban J connectivity index is 2.00. The molecule has 0 saturated carbocycles. The normalized spacial score (nSPS) is 12.5. The standard InChI is InChI=1S/C16H19NO2/c17-14(10-11-16(18)19)9-8-13-6-3-5-12-4-1-2-7-15(12)13/h1-7,14H,8-11,17H2,(H,18,19). The van der Waals surface area contributed by atoms with Crippen molar-refractivity contribution in [2.75, 3.05) is 0 Å². The Kier molecular flexibility index (Phi) is 4.53. The van der Waals surface area contributed by atoms with Gasteiger partial charge in [0, 0.05) is 12.5 Å². The molecule has 0 aliphatic rings. The maximum absolute atomic E-state index is 10.5. The molecule has 0 heterocycles. The molecule has 0 spiro atoms. The lowest BCUT2D eigenvalue weighted by Gasteiger charge is -2.11. The van der Waals surface area contributed by atoms with Crippen LogP contribution in [0.3, 0.4) is 0 Å². The number of nitrogens with two attached hydrogens (primary N) is 1. The molecule has 0 saturated heterocycles. The van der Waals surface area contributed by atoms with Crippen molar-refractivity contribution in [1.29, 1.82) is 0 Å². The maximum Gasteiger partial charge on any atom is 0.303 e. The van der Waals surface area contributed by atoms with E-state index in [1.165, 1.54) is 16.3 Å². The quantitative estimate of drug-likeness (QED) is 0.836. The Hall–Kier alpha value is -1.87. The number of carbonyl (C=O) groups is 1. The van der Waals surface area contributed by atoms with Crippen LogP contribution in [0.15, 0.2) is 42.5 Å². The third-order valence-corrected chi connectivity index (χ3v) is 3.39. The van der Waals surface area contributed by atoms with E-state index in [1.807, 2.05) is 12.1 Å². The first-order valence-corrected chi connectivity index (χ1v) is 6.61. The lowest BCUT2D eigenvalue weighted by Crippen LogP contribution is -2.21. The van der Waals surface area contributed by atoms with Gasteiger partial charge >= 0.3 is 5.97 Å². The highest BCUT2D eigenvalue weighted by Crippen LogP contribution is 2.20. The van der Waals surface area contributed by atoms with Crippen LogP contribution in [0.25, 0.3) is 10.8 Å². The summed E-state index contributed by atoms with van der Waals surface area (Å²) in [6.45, 7) is 0. The highest BCUT2D eigenvalue weighted by atomic mass is 16.4. The summed E-state index contributed by atoms with van der Waals surface area (Å²) in [4.78, 5) is 10.5. The molecular formula is C16H19NO2. The maximum atomic E-state index is 10.5. The fraction of sp³-hybridized carbons (Fsp3) is 0.312. The predicted molar refractivity (Wildman–Crippen MR) is 77.1 cm³/mol. The molecule has 0 fully saturated rings. The number of hydrogen-bond acceptors (Lipinski definition) is 2. The Labute approximate surface area is 113 Å². The van der Waals surface area contributed by atoms with Gasteiger partial charge in [0.2, 0.25) is 0 Å². The number of rotatable bonds is 6. The molecule has 0 amide bonds. The van der Waals surface area contributed by atoms with Crippen LogP contribution in [-0.4, -0.2) is 17.1 Å². The van der Waals surface area contributed by atoms with Gasteiger partial charge in [0.05, 0.1) is 0 Å². The highest BCUT2D eigenvalue weighted by molar-refractivity contribution is 5.85. The summed E-state index contributed by atoms with van der Waals surface area (Å²) < 4.78 is 0. The van der Waals surface area contributed by atoms with Crippen LogP contribution in [0.2, 0.25) is 0 Å². The molecule has 0 bridgehead atoms. The van der Waals surface area contributed by atoms with Crippen LogP contribution < -0.4 is 5.73 Å². The molecule has 0 aromatic heterocycles. The number of carboxylic acid groups (broad SMARTS) is 1. The Morgan fingerprint density at radius 3 is 2.63 bits per heavy atom. The molecule has 1 atom stereocenters. The Morgan fingerprint density at radius 2 is 1.84 bits per heavy atom. The molecule has 1 unspecified atom stereocenters. The number of carboxylic acids is 1. The van der Waals surface area contributed by atoms with E-state index < -0.39 is 5.97 Å². The van der Waals surface area contributed by atoms with Crippen LogP contribution in [0.4, 0.5) is 0 Å². The summed E-state index contributed by atoms with van der Waals surface area (Å²) in [6.07, 6.45) is 2.40. The molecule has 3 nitrogen and oxygen atoms in total. The summed E-state index contributed by atoms with van der Waals surface area (Å²) in [5, 5.41) is 11.1. The zero-order chi connectivity index (χ0) is 13.7. The van der Waals surface area contributed by atoms with E-state index in [4.69, 9.17) is 10.8 Å². The molecule has 19 heavy (non-hydrogen) atoms. The van der Waals surface area contributed by atoms with E-state index in [2.05, 4.69) is 30.3 Å². The fourth-order valence-electron chi connectivity index (χ4n) is 2.30. The van der Waals surface area contributed by atoms with E-state index in [-0.39, 0.29) is 12.5 Å². The molecule has 0 aliphatic carbocycles. The molecule has 2 rings (SSSR count). The molecule has 0 aliphatic heterocycles. The number of benzene rings is 2. The van der Waals surface area contributed by atoms with Gasteiger partial charge in [-0.25, -0.2) is 0 Å². The first-order chi connectivity index (χ1) is 9.16. The fourth-order valence-corrected chi connectivity index (χ4v) is 2.30. The van der Waals surface area contributed by atoms with Crippen LogP contribution in [0, 0.1) is 0 Å². The van der Waals surface area contributed by atoms with E-state index in [0.29, 0.717) is 6.42 Å². The van der Waals surface area contributed by atoms with Crippen LogP contribution >= 0.6 is 0 Å². The van der Waals surface area contributed by atoms with Crippen LogP contribution in [0.1, 0.15) is 24.8 Å². The topological polar surface area (TPSA) is 63.3 Å². The predicted octanol–water partition coefficient (Wildman–Crippen LogP) is 2.96. The number of aliphatic carboxylic acids is 1. The van der Waals surface area contributed by atoms with Gasteiger partial charge in [0.25, 0.3) is 0 Å². The average molecular weight is 257 g/mol. The first kappa shape index (κ1) is 13.6. The van der Waals surface area contributed by atoms with Gasteiger partial charge in [-0.3, -0.25) is 4.79 Å². The van der Waals surface area contributed by atoms with Crippen molar-refractivity contribution in [3.63, 3.8) is 0 Å². The summed E-state index contributed by atoms with van der Waals surface area (Å²) in [5.41, 5.74) is 7.23. The van der Waals surface area contributed by atoms with Crippen molar-refractivity contribution in [2.45, 2.75) is 31.7 Å². The van der Waals surface area contributed by atoms with Gasteiger partial charge in [-0.1, -0.05) is 42.5 Å². The van der Waals surface area contributed by atoms with Crippen LogP contribution in [-0.2, 0) is 11.2 Å². The molecular weight excluding hydrogens is 238 g/mol. The van der Waals surface area contributed by atoms with Crippen molar-refractivity contribution in [3.8, 4) is 0 Å². The molecule has 2 aromatic rings. The van der Waals surface area contributed by atoms with E-state index in [1.54, 1.807) is 0 Å². The number of fused-ring (bicyclic) bond motifs is 1. The average Bonchev–Trinajstić information content (AvgIpc) is 2.42. The SMILES string of the molecule is NC(CCC(=O)O)CCc1cccc2ccccc12. The summed E-state index contributed by atoms with van der Waals surface area (Å²) in [6, 6.07) is 14.5. The Morgan fingerprint density at radius 1 is 1.11 bits per heavy atom. The lowest BCUT2D eigenvalue weighted by atomic mass is 9.97. The number of aryl methyl sites for hydroxylation is 1. The zero-order valence-electron chi connectivity index (χ0n) is 10.9. The van der Waals surface area contributed by atoms with E-state index in [0.717, 1.165) is 12.8 Å². The molecule has 3 heteroatoms. The lowest BCUT2D eigenvalue weighted by molar-refractivity contribution is -0.137. The van der Waals surface area contributed by atoms with Gasteiger partial charge in [0.1, 0.15) is 0 Å². The molecule has 3 N–H and O–H groups in total. The molecule has 100 valence electrons. The third-order valence-electron chi connectivity index (χ3n) is 3.39. The second-order valence-corrected chi connectivity index (χ2v) is 4.87. The molecule has 2 aromatic carbocycles. The van der Waals surface area contributed by atoms with Crippen molar-refractivity contribution >= 4 is 16.7 Å². The van der Waals surface area contributed by atoms with Gasteiger partial charge in [-0.05, 0) is 35.6 Å². The minimum absolute atomic E-state index is 0.0462. The smallest absolute Gasteiger partial charge is 0.303 e. The second kappa shape index (κ2) is 6.34. The largest absolute Gasteiger partial charge is 0.481 e. The van der Waals surface area contributed by atoms with Crippen LogP contribution in [0.5, 0.6) is 0 Å². The van der Waals surface area contributed by atoms with Gasteiger partial charge in [0.15, 0.2) is 0 Å². The summed E-state index contributed by atoms with van der Waals surface area (Å²) >= 11 is 0. The summed E-state index contributed by atoms with van der Waals surface area (Å²) in [5.74, 6) is -0.777. The second-order valence-electron chi connectivity index (χ2n) is 4.87. The monoisotopic (exact) mass is 257 g/mol. The summed E-state index contributed by atoms with van der Waals surface area (Å²) in [7, 11) is 0. The van der Waals surface area contributed by atoms with Crippen molar-refractivity contribution < 1.29 is 9.90 Å². The minimum Gasteiger partial charge on any atom is -0.481 e. The Bertz CT molecular complexity index is 560. The minimum atomic E-state index is -0.777. The molecule has 0 radical (unpaired) electrons.